The second-order valence-electron chi connectivity index (χ2n) is 5.70. The van der Waals surface area contributed by atoms with Gasteiger partial charge in [-0.2, -0.15) is 0 Å². The van der Waals surface area contributed by atoms with Crippen molar-refractivity contribution in [2.45, 2.75) is 20.3 Å². The lowest BCUT2D eigenvalue weighted by Crippen LogP contribution is -3.00. The lowest BCUT2D eigenvalue weighted by Gasteiger charge is -2.33. The summed E-state index contributed by atoms with van der Waals surface area (Å²) < 4.78 is 5.00. The summed E-state index contributed by atoms with van der Waals surface area (Å²) in [5.74, 6) is 0.0171. The first-order valence-corrected chi connectivity index (χ1v) is 8.09. The molecule has 0 bridgehead atoms. The van der Waals surface area contributed by atoms with Gasteiger partial charge in [-0.3, -0.25) is 9.69 Å². The van der Waals surface area contributed by atoms with Gasteiger partial charge < -0.3 is 27.4 Å². The van der Waals surface area contributed by atoms with Gasteiger partial charge in [0.25, 0.3) is 0 Å². The molecule has 1 heterocycles. The van der Waals surface area contributed by atoms with Gasteiger partial charge in [-0.05, 0) is 31.5 Å². The van der Waals surface area contributed by atoms with E-state index in [0.29, 0.717) is 32.7 Å². The van der Waals surface area contributed by atoms with Crippen LogP contribution in [0.3, 0.4) is 0 Å². The standard InChI is InChI=1S/C17H25N3O3.ClH/c1-3-23-17(22)20-11-9-19(10-12-20)8-7-16(21)18-15-6-4-5-14(2)13-15;/h4-6,13H,3,7-12H2,1-2H3,(H,18,21);1H/p-1. The van der Waals surface area contributed by atoms with Gasteiger partial charge in [-0.1, -0.05) is 12.1 Å². The monoisotopic (exact) mass is 354 g/mol. The van der Waals surface area contributed by atoms with Crippen molar-refractivity contribution in [1.82, 2.24) is 9.80 Å². The van der Waals surface area contributed by atoms with Crippen LogP contribution in [-0.4, -0.2) is 61.1 Å². The SMILES string of the molecule is CCOC(=O)N1CCN(CCC(=O)Nc2cccc(C)c2)CC1.[Cl-]. The molecular formula is C17H25ClN3O3-. The molecule has 1 N–H and O–H groups in total. The third-order valence-corrected chi connectivity index (χ3v) is 3.86. The highest BCUT2D eigenvalue weighted by Gasteiger charge is 2.21. The molecule has 2 rings (SSSR count). The molecule has 24 heavy (non-hydrogen) atoms. The molecule has 0 spiro atoms. The highest BCUT2D eigenvalue weighted by molar-refractivity contribution is 5.90. The van der Waals surface area contributed by atoms with Crippen molar-refractivity contribution in [3.63, 3.8) is 0 Å². The number of carbonyl (C=O) groups excluding carboxylic acids is 2. The van der Waals surface area contributed by atoms with Gasteiger partial charge in [0.05, 0.1) is 6.61 Å². The number of carbonyl (C=O) groups is 2. The second-order valence-corrected chi connectivity index (χ2v) is 5.70. The van der Waals surface area contributed by atoms with Crippen LogP contribution in [0.15, 0.2) is 24.3 Å². The summed E-state index contributed by atoms with van der Waals surface area (Å²) in [4.78, 5) is 27.5. The summed E-state index contributed by atoms with van der Waals surface area (Å²) in [7, 11) is 0. The number of hydrogen-bond donors (Lipinski definition) is 1. The Morgan fingerprint density at radius 3 is 2.54 bits per heavy atom. The van der Waals surface area contributed by atoms with Crippen LogP contribution < -0.4 is 17.7 Å². The Morgan fingerprint density at radius 2 is 1.92 bits per heavy atom. The van der Waals surface area contributed by atoms with Crippen LogP contribution in [0.2, 0.25) is 0 Å². The zero-order chi connectivity index (χ0) is 16.7. The number of benzene rings is 1. The normalized spacial score (nSPS) is 14.7. The summed E-state index contributed by atoms with van der Waals surface area (Å²) in [5, 5.41) is 2.92. The molecule has 0 aliphatic carbocycles. The lowest BCUT2D eigenvalue weighted by molar-refractivity contribution is -0.116. The van der Waals surface area contributed by atoms with Crippen LogP contribution in [0.5, 0.6) is 0 Å². The third kappa shape index (κ3) is 6.37. The molecule has 2 amide bonds. The number of aryl methyl sites for hydroxylation is 1. The van der Waals surface area contributed by atoms with E-state index in [1.807, 2.05) is 31.2 Å². The van der Waals surface area contributed by atoms with Gasteiger partial charge in [0.2, 0.25) is 5.91 Å². The van der Waals surface area contributed by atoms with Crippen molar-refractivity contribution in [3.8, 4) is 0 Å². The predicted octanol–water partition coefficient (Wildman–Crippen LogP) is -0.898. The maximum atomic E-state index is 12.0. The topological polar surface area (TPSA) is 61.9 Å². The van der Waals surface area contributed by atoms with E-state index >= 15 is 0 Å². The van der Waals surface area contributed by atoms with Crippen molar-refractivity contribution in [3.05, 3.63) is 29.8 Å². The number of amides is 2. The van der Waals surface area contributed by atoms with Crippen molar-refractivity contribution in [2.75, 3.05) is 44.6 Å². The lowest BCUT2D eigenvalue weighted by atomic mass is 10.2. The molecular weight excluding hydrogens is 330 g/mol. The Hall–Kier alpha value is -1.79. The number of piperazine rings is 1. The molecule has 1 saturated heterocycles. The fourth-order valence-electron chi connectivity index (χ4n) is 2.57. The van der Waals surface area contributed by atoms with E-state index in [2.05, 4.69) is 10.2 Å². The molecule has 1 aromatic rings. The minimum atomic E-state index is -0.246. The highest BCUT2D eigenvalue weighted by Crippen LogP contribution is 2.10. The van der Waals surface area contributed by atoms with Gasteiger partial charge in [0.1, 0.15) is 0 Å². The molecule has 1 aliphatic heterocycles. The molecule has 7 heteroatoms. The van der Waals surface area contributed by atoms with E-state index in [4.69, 9.17) is 4.74 Å². The largest absolute Gasteiger partial charge is 1.00 e. The Morgan fingerprint density at radius 1 is 1.21 bits per heavy atom. The van der Waals surface area contributed by atoms with Crippen LogP contribution in [-0.2, 0) is 9.53 Å². The summed E-state index contributed by atoms with van der Waals surface area (Å²) in [6.45, 7) is 7.76. The average molecular weight is 355 g/mol. The number of nitrogens with one attached hydrogen (secondary N) is 1. The van der Waals surface area contributed by atoms with Gasteiger partial charge in [0, 0.05) is 44.8 Å². The summed E-state index contributed by atoms with van der Waals surface area (Å²) in [5.41, 5.74) is 1.96. The molecule has 0 atom stereocenters. The van der Waals surface area contributed by atoms with Crippen LogP contribution >= 0.6 is 0 Å². The maximum Gasteiger partial charge on any atom is 0.409 e. The van der Waals surface area contributed by atoms with Crippen molar-refractivity contribution in [1.29, 1.82) is 0 Å². The van der Waals surface area contributed by atoms with E-state index < -0.39 is 0 Å². The molecule has 6 nitrogen and oxygen atoms in total. The molecule has 134 valence electrons. The van der Waals surface area contributed by atoms with E-state index in [0.717, 1.165) is 24.3 Å². The summed E-state index contributed by atoms with van der Waals surface area (Å²) in [6, 6.07) is 7.78. The molecule has 0 unspecified atom stereocenters. The van der Waals surface area contributed by atoms with Crippen molar-refractivity contribution >= 4 is 17.7 Å². The van der Waals surface area contributed by atoms with Gasteiger partial charge >= 0.3 is 6.09 Å². The number of anilines is 1. The van der Waals surface area contributed by atoms with Crippen molar-refractivity contribution < 1.29 is 26.7 Å². The van der Waals surface area contributed by atoms with Crippen LogP contribution in [0.1, 0.15) is 18.9 Å². The summed E-state index contributed by atoms with van der Waals surface area (Å²) in [6.07, 6.45) is 0.206. The maximum absolute atomic E-state index is 12.0. The second kappa shape index (κ2) is 10.2. The Bertz CT molecular complexity index is 546. The van der Waals surface area contributed by atoms with Crippen LogP contribution in [0.25, 0.3) is 0 Å². The minimum Gasteiger partial charge on any atom is -1.00 e. The summed E-state index contributed by atoms with van der Waals surface area (Å²) >= 11 is 0. The molecule has 0 saturated carbocycles. The van der Waals surface area contributed by atoms with Crippen LogP contribution in [0, 0.1) is 6.92 Å². The smallest absolute Gasteiger partial charge is 0.409 e. The Labute approximate surface area is 149 Å². The zero-order valence-corrected chi connectivity index (χ0v) is 15.0. The predicted molar refractivity (Wildman–Crippen MR) is 89.5 cm³/mol. The first-order chi connectivity index (χ1) is 11.1. The minimum absolute atomic E-state index is 0. The third-order valence-electron chi connectivity index (χ3n) is 3.86. The van der Waals surface area contributed by atoms with Gasteiger partial charge in [-0.25, -0.2) is 4.79 Å². The first kappa shape index (κ1) is 20.3. The molecule has 0 radical (unpaired) electrons. The molecule has 1 aromatic carbocycles. The molecule has 0 aromatic heterocycles. The zero-order valence-electron chi connectivity index (χ0n) is 14.3. The van der Waals surface area contributed by atoms with Crippen molar-refractivity contribution in [2.24, 2.45) is 0 Å². The van der Waals surface area contributed by atoms with E-state index in [9.17, 15) is 9.59 Å². The van der Waals surface area contributed by atoms with Gasteiger partial charge in [-0.15, -0.1) is 0 Å². The molecule has 1 fully saturated rings. The van der Waals surface area contributed by atoms with Gasteiger partial charge in [0.15, 0.2) is 0 Å². The van der Waals surface area contributed by atoms with E-state index in [1.165, 1.54) is 0 Å². The fraction of sp³-hybridized carbons (Fsp3) is 0.529. The highest BCUT2D eigenvalue weighted by atomic mass is 35.5. The number of ether oxygens (including phenoxy) is 1. The number of hydrogen-bond acceptors (Lipinski definition) is 4. The Balaban J connectivity index is 0.00000288. The number of halogens is 1. The average Bonchev–Trinajstić information content (AvgIpc) is 2.54. The quantitative estimate of drug-likeness (QED) is 0.744. The van der Waals surface area contributed by atoms with E-state index in [1.54, 1.807) is 11.8 Å². The van der Waals surface area contributed by atoms with E-state index in [-0.39, 0.29) is 24.4 Å². The fourth-order valence-corrected chi connectivity index (χ4v) is 2.57. The Kier molecular flexibility index (Phi) is 8.57. The number of rotatable bonds is 5. The van der Waals surface area contributed by atoms with Crippen LogP contribution in [0.4, 0.5) is 10.5 Å². The number of nitrogens with zero attached hydrogens (tertiary/aromatic N) is 2. The molecule has 1 aliphatic rings. The first-order valence-electron chi connectivity index (χ1n) is 8.09.